The lowest BCUT2D eigenvalue weighted by molar-refractivity contribution is -0.0859. The Morgan fingerprint density at radius 1 is 1.54 bits per heavy atom. The van der Waals surface area contributed by atoms with Gasteiger partial charge in [0.1, 0.15) is 5.54 Å². The van der Waals surface area contributed by atoms with Gasteiger partial charge in [0.05, 0.1) is 25.1 Å². The predicted octanol–water partition coefficient (Wildman–Crippen LogP) is -0.925. The van der Waals surface area contributed by atoms with E-state index < -0.39 is 20.8 Å². The first-order valence-corrected chi connectivity index (χ1v) is 5.68. The van der Waals surface area contributed by atoms with Crippen molar-refractivity contribution in [3.63, 3.8) is 0 Å². The average Bonchev–Trinajstić information content (AvgIpc) is 1.96. The smallest absolute Gasteiger partial charge is 0.214 e. The zero-order chi connectivity index (χ0) is 10.1. The Bertz CT molecular complexity index is 263. The molecule has 1 aliphatic heterocycles. The van der Waals surface area contributed by atoms with Crippen LogP contribution in [0.1, 0.15) is 13.8 Å². The summed E-state index contributed by atoms with van der Waals surface area (Å²) in [5.41, 5.74) is -0.775. The molecule has 0 aliphatic carbocycles. The van der Waals surface area contributed by atoms with E-state index in [2.05, 4.69) is 4.72 Å². The minimum Gasteiger partial charge on any atom is -0.394 e. The fourth-order valence-corrected chi connectivity index (χ4v) is 1.97. The van der Waals surface area contributed by atoms with Crippen LogP contribution in [0.15, 0.2) is 0 Å². The Hall–Kier alpha value is -0.170. The first kappa shape index (κ1) is 10.9. The van der Waals surface area contributed by atoms with Gasteiger partial charge in [0, 0.05) is 0 Å². The van der Waals surface area contributed by atoms with Crippen LogP contribution in [0.2, 0.25) is 0 Å². The maximum atomic E-state index is 11.4. The summed E-state index contributed by atoms with van der Waals surface area (Å²) in [6.45, 7) is 3.45. The molecule has 0 atom stereocenters. The second-order valence-electron chi connectivity index (χ2n) is 3.63. The fourth-order valence-electron chi connectivity index (χ4n) is 0.951. The summed E-state index contributed by atoms with van der Waals surface area (Å²) in [6, 6.07) is 0. The maximum Gasteiger partial charge on any atom is 0.214 e. The molecule has 0 amide bonds. The van der Waals surface area contributed by atoms with E-state index in [4.69, 9.17) is 9.84 Å². The number of ether oxygens (including phenoxy) is 1. The van der Waals surface area contributed by atoms with E-state index in [1.165, 1.54) is 0 Å². The lowest BCUT2D eigenvalue weighted by atomic mass is 10.0. The van der Waals surface area contributed by atoms with Crippen molar-refractivity contribution in [3.05, 3.63) is 0 Å². The van der Waals surface area contributed by atoms with Crippen molar-refractivity contribution < 1.29 is 18.3 Å². The zero-order valence-corrected chi connectivity index (χ0v) is 8.60. The fraction of sp³-hybridized carbons (Fsp3) is 1.00. The third-order valence-corrected chi connectivity index (χ3v) is 4.00. The summed E-state index contributed by atoms with van der Waals surface area (Å²) >= 11 is 0. The summed E-state index contributed by atoms with van der Waals surface area (Å²) in [5.74, 6) is 0. The number of nitrogens with one attached hydrogen (secondary N) is 1. The molecule has 1 fully saturated rings. The highest BCUT2D eigenvalue weighted by atomic mass is 32.2. The molecule has 0 radical (unpaired) electrons. The van der Waals surface area contributed by atoms with Gasteiger partial charge in [0.15, 0.2) is 0 Å². The highest BCUT2D eigenvalue weighted by molar-refractivity contribution is 7.90. The monoisotopic (exact) mass is 209 g/mol. The van der Waals surface area contributed by atoms with Gasteiger partial charge >= 0.3 is 0 Å². The van der Waals surface area contributed by atoms with Gasteiger partial charge in [-0.2, -0.15) is 0 Å². The van der Waals surface area contributed by atoms with Gasteiger partial charge in [-0.05, 0) is 13.8 Å². The number of aliphatic hydroxyl groups excluding tert-OH is 1. The van der Waals surface area contributed by atoms with Crippen molar-refractivity contribution >= 4 is 10.0 Å². The molecule has 1 rings (SSSR count). The van der Waals surface area contributed by atoms with Gasteiger partial charge in [-0.3, -0.25) is 0 Å². The van der Waals surface area contributed by atoms with Gasteiger partial charge in [-0.1, -0.05) is 0 Å². The number of aliphatic hydroxyl groups is 1. The molecule has 78 valence electrons. The molecule has 1 aliphatic rings. The number of hydrogen-bond donors (Lipinski definition) is 2. The quantitative estimate of drug-likeness (QED) is 0.627. The number of rotatable bonds is 4. The normalized spacial score (nSPS) is 21.5. The summed E-state index contributed by atoms with van der Waals surface area (Å²) in [4.78, 5) is 0. The van der Waals surface area contributed by atoms with Crippen molar-refractivity contribution in [2.24, 2.45) is 0 Å². The highest BCUT2D eigenvalue weighted by Crippen LogP contribution is 2.18. The van der Waals surface area contributed by atoms with Crippen LogP contribution in [-0.4, -0.2) is 44.1 Å². The lowest BCUT2D eigenvalue weighted by Crippen LogP contribution is -2.65. The first-order valence-electron chi connectivity index (χ1n) is 4.13. The summed E-state index contributed by atoms with van der Waals surface area (Å²) in [5, 5.41) is 8.49. The van der Waals surface area contributed by atoms with Crippen LogP contribution in [-0.2, 0) is 14.8 Å². The second-order valence-corrected chi connectivity index (χ2v) is 5.86. The van der Waals surface area contributed by atoms with Gasteiger partial charge in [-0.15, -0.1) is 0 Å². The summed E-state index contributed by atoms with van der Waals surface area (Å²) in [7, 11) is -3.32. The van der Waals surface area contributed by atoms with E-state index >= 15 is 0 Å². The molecule has 13 heavy (non-hydrogen) atoms. The molecule has 0 bridgehead atoms. The Morgan fingerprint density at radius 2 is 2.08 bits per heavy atom. The first-order chi connectivity index (χ1) is 5.92. The van der Waals surface area contributed by atoms with E-state index in [-0.39, 0.29) is 19.8 Å². The summed E-state index contributed by atoms with van der Waals surface area (Å²) in [6.07, 6.45) is 0. The van der Waals surface area contributed by atoms with Crippen molar-refractivity contribution in [1.82, 2.24) is 4.72 Å². The third kappa shape index (κ3) is 2.19. The van der Waals surface area contributed by atoms with Gasteiger partial charge in [0.25, 0.3) is 0 Å². The second kappa shape index (κ2) is 3.53. The Balaban J connectivity index is 2.67. The minimum absolute atomic E-state index is 0.223. The van der Waals surface area contributed by atoms with E-state index in [0.29, 0.717) is 0 Å². The Morgan fingerprint density at radius 3 is 2.31 bits per heavy atom. The number of hydrogen-bond acceptors (Lipinski definition) is 4. The van der Waals surface area contributed by atoms with Gasteiger partial charge in [0.2, 0.25) is 10.0 Å². The van der Waals surface area contributed by atoms with Crippen LogP contribution >= 0.6 is 0 Å². The maximum absolute atomic E-state index is 11.4. The molecule has 0 aromatic heterocycles. The van der Waals surface area contributed by atoms with Gasteiger partial charge in [-0.25, -0.2) is 13.1 Å². The zero-order valence-electron chi connectivity index (χ0n) is 7.78. The molecule has 0 spiro atoms. The molecule has 2 N–H and O–H groups in total. The highest BCUT2D eigenvalue weighted by Gasteiger charge is 2.42. The molecular formula is C7H15NO4S. The molecule has 0 aromatic rings. The lowest BCUT2D eigenvalue weighted by Gasteiger charge is -2.40. The molecule has 5 nitrogen and oxygen atoms in total. The predicted molar refractivity (Wildman–Crippen MR) is 47.8 cm³/mol. The van der Waals surface area contributed by atoms with Crippen LogP contribution < -0.4 is 4.72 Å². The Kier molecular flexibility index (Phi) is 2.96. The van der Waals surface area contributed by atoms with Crippen LogP contribution in [0, 0.1) is 0 Å². The Labute approximate surface area is 78.1 Å². The molecule has 1 saturated heterocycles. The topological polar surface area (TPSA) is 75.6 Å². The average molecular weight is 209 g/mol. The van der Waals surface area contributed by atoms with E-state index in [0.717, 1.165) is 0 Å². The standard InChI is InChI=1S/C7H15NO4S/c1-6(2)13(10,11)8-7(3-9)4-12-5-7/h6,8-9H,3-5H2,1-2H3. The van der Waals surface area contributed by atoms with Crippen molar-refractivity contribution in [3.8, 4) is 0 Å². The molecule has 0 saturated carbocycles. The SMILES string of the molecule is CC(C)S(=O)(=O)NC1(CO)COC1. The van der Waals surface area contributed by atoms with E-state index in [9.17, 15) is 8.42 Å². The van der Waals surface area contributed by atoms with E-state index in [1.54, 1.807) is 13.8 Å². The number of sulfonamides is 1. The van der Waals surface area contributed by atoms with Crippen LogP contribution in [0.4, 0.5) is 0 Å². The third-order valence-electron chi connectivity index (χ3n) is 2.04. The van der Waals surface area contributed by atoms with Crippen LogP contribution in [0.5, 0.6) is 0 Å². The molecule has 1 heterocycles. The molecule has 6 heteroatoms. The van der Waals surface area contributed by atoms with E-state index in [1.807, 2.05) is 0 Å². The molecule has 0 unspecified atom stereocenters. The largest absolute Gasteiger partial charge is 0.394 e. The van der Waals surface area contributed by atoms with Crippen molar-refractivity contribution in [1.29, 1.82) is 0 Å². The van der Waals surface area contributed by atoms with Crippen molar-refractivity contribution in [2.75, 3.05) is 19.8 Å². The molecule has 0 aromatic carbocycles. The van der Waals surface area contributed by atoms with Crippen LogP contribution in [0.25, 0.3) is 0 Å². The van der Waals surface area contributed by atoms with Crippen LogP contribution in [0.3, 0.4) is 0 Å². The van der Waals surface area contributed by atoms with Crippen molar-refractivity contribution in [2.45, 2.75) is 24.6 Å². The summed E-state index contributed by atoms with van der Waals surface area (Å²) < 4.78 is 30.2. The van der Waals surface area contributed by atoms with Gasteiger partial charge < -0.3 is 9.84 Å². The minimum atomic E-state index is -3.32. The molecular weight excluding hydrogens is 194 g/mol.